The van der Waals surface area contributed by atoms with Crippen molar-refractivity contribution in [2.24, 2.45) is 0 Å². The Bertz CT molecular complexity index is 471. The van der Waals surface area contributed by atoms with Gasteiger partial charge in [0.05, 0.1) is 6.61 Å². The van der Waals surface area contributed by atoms with Crippen molar-refractivity contribution in [3.05, 3.63) is 35.4 Å². The lowest BCUT2D eigenvalue weighted by Gasteiger charge is -2.21. The van der Waals surface area contributed by atoms with Crippen molar-refractivity contribution in [3.63, 3.8) is 0 Å². The Balaban J connectivity index is 1.93. The summed E-state index contributed by atoms with van der Waals surface area (Å²) in [5.74, 6) is 0.803. The summed E-state index contributed by atoms with van der Waals surface area (Å²) in [7, 11) is 0. The molecule has 2 N–H and O–H groups in total. The van der Waals surface area contributed by atoms with Crippen LogP contribution in [0.15, 0.2) is 35.4 Å². The molecule has 102 valence electrons. The van der Waals surface area contributed by atoms with Gasteiger partial charge in [-0.3, -0.25) is 4.79 Å². The van der Waals surface area contributed by atoms with E-state index in [9.17, 15) is 4.79 Å². The smallest absolute Gasteiger partial charge is 0.251 e. The minimum Gasteiger partial charge on any atom is -0.494 e. The van der Waals surface area contributed by atoms with Gasteiger partial charge in [-0.25, -0.2) is 0 Å². The Hall–Kier alpha value is -1.81. The number of benzene rings is 1. The highest BCUT2D eigenvalue weighted by Crippen LogP contribution is 2.17. The van der Waals surface area contributed by atoms with Crippen LogP contribution in [0.5, 0.6) is 5.75 Å². The first kappa shape index (κ1) is 13.6. The van der Waals surface area contributed by atoms with E-state index in [2.05, 4.69) is 17.6 Å². The molecule has 1 fully saturated rings. The molecule has 0 saturated carbocycles. The summed E-state index contributed by atoms with van der Waals surface area (Å²) in [4.78, 5) is 12.0. The van der Waals surface area contributed by atoms with Gasteiger partial charge < -0.3 is 15.4 Å². The van der Waals surface area contributed by atoms with Crippen molar-refractivity contribution < 1.29 is 9.53 Å². The van der Waals surface area contributed by atoms with Crippen molar-refractivity contribution in [2.45, 2.75) is 20.3 Å². The van der Waals surface area contributed by atoms with Crippen LogP contribution in [-0.4, -0.2) is 25.6 Å². The number of rotatable bonds is 5. The molecule has 4 nitrogen and oxygen atoms in total. The number of anilines is 1. The highest BCUT2D eigenvalue weighted by Gasteiger charge is 2.15. The molecule has 2 rings (SSSR count). The normalized spacial score (nSPS) is 13.7. The zero-order chi connectivity index (χ0) is 13.7. The average Bonchev–Trinajstić information content (AvgIpc) is 2.36. The minimum absolute atomic E-state index is 0.0290. The molecular weight excluding hydrogens is 240 g/mol. The second-order valence-electron chi connectivity index (χ2n) is 4.66. The SMILES string of the molecule is CCCOc1ccc(NC(=O)C(C)=C2CNC2)cc1. The van der Waals surface area contributed by atoms with Crippen LogP contribution >= 0.6 is 0 Å². The van der Waals surface area contributed by atoms with Crippen LogP contribution < -0.4 is 15.4 Å². The first-order chi connectivity index (χ1) is 9.20. The van der Waals surface area contributed by atoms with Gasteiger partial charge in [0.2, 0.25) is 0 Å². The first-order valence-corrected chi connectivity index (χ1v) is 6.64. The van der Waals surface area contributed by atoms with E-state index in [1.165, 1.54) is 5.57 Å². The molecule has 1 heterocycles. The van der Waals surface area contributed by atoms with Crippen LogP contribution in [0.2, 0.25) is 0 Å². The maximum absolute atomic E-state index is 12.0. The largest absolute Gasteiger partial charge is 0.494 e. The summed E-state index contributed by atoms with van der Waals surface area (Å²) >= 11 is 0. The Kier molecular flexibility index (Phi) is 4.58. The third kappa shape index (κ3) is 3.58. The fraction of sp³-hybridized carbons (Fsp3) is 0.400. The number of carbonyl (C=O) groups is 1. The van der Waals surface area contributed by atoms with E-state index in [0.717, 1.165) is 36.5 Å². The average molecular weight is 260 g/mol. The molecule has 0 unspecified atom stereocenters. The van der Waals surface area contributed by atoms with Gasteiger partial charge in [-0.1, -0.05) is 6.92 Å². The molecule has 0 bridgehead atoms. The standard InChI is InChI=1S/C15H20N2O2/c1-3-8-19-14-6-4-13(5-7-14)17-15(18)11(2)12-9-16-10-12/h4-7,16H,3,8-10H2,1-2H3,(H,17,18). The fourth-order valence-electron chi connectivity index (χ4n) is 1.75. The molecule has 1 aromatic carbocycles. The predicted molar refractivity (Wildman–Crippen MR) is 76.4 cm³/mol. The minimum atomic E-state index is -0.0290. The third-order valence-electron chi connectivity index (χ3n) is 3.13. The van der Waals surface area contributed by atoms with Crippen molar-refractivity contribution in [1.82, 2.24) is 5.32 Å². The van der Waals surface area contributed by atoms with Crippen LogP contribution in [0.3, 0.4) is 0 Å². The zero-order valence-electron chi connectivity index (χ0n) is 11.5. The molecule has 1 aromatic rings. The zero-order valence-corrected chi connectivity index (χ0v) is 11.5. The molecule has 0 spiro atoms. The lowest BCUT2D eigenvalue weighted by Crippen LogP contribution is -2.36. The lowest BCUT2D eigenvalue weighted by molar-refractivity contribution is -0.112. The summed E-state index contributed by atoms with van der Waals surface area (Å²) in [5, 5.41) is 6.03. The molecule has 0 aromatic heterocycles. The third-order valence-corrected chi connectivity index (χ3v) is 3.13. The van der Waals surface area contributed by atoms with Gasteiger partial charge in [-0.05, 0) is 43.2 Å². The summed E-state index contributed by atoms with van der Waals surface area (Å²) in [6, 6.07) is 7.47. The fourth-order valence-corrected chi connectivity index (χ4v) is 1.75. The van der Waals surface area contributed by atoms with Gasteiger partial charge in [0.1, 0.15) is 5.75 Å². The van der Waals surface area contributed by atoms with Gasteiger partial charge in [0.15, 0.2) is 0 Å². The maximum atomic E-state index is 12.0. The molecular formula is C15H20N2O2. The number of hydrogen-bond acceptors (Lipinski definition) is 3. The topological polar surface area (TPSA) is 50.4 Å². The molecule has 0 aliphatic carbocycles. The van der Waals surface area contributed by atoms with Crippen LogP contribution in [0.25, 0.3) is 0 Å². The number of nitrogens with one attached hydrogen (secondary N) is 2. The van der Waals surface area contributed by atoms with Gasteiger partial charge >= 0.3 is 0 Å². The van der Waals surface area contributed by atoms with E-state index >= 15 is 0 Å². The molecule has 1 saturated heterocycles. The van der Waals surface area contributed by atoms with E-state index in [1.54, 1.807) is 0 Å². The number of hydrogen-bond donors (Lipinski definition) is 2. The maximum Gasteiger partial charge on any atom is 0.251 e. The van der Waals surface area contributed by atoms with Gasteiger partial charge in [0, 0.05) is 24.4 Å². The van der Waals surface area contributed by atoms with Crippen LogP contribution in [-0.2, 0) is 4.79 Å². The summed E-state index contributed by atoms with van der Waals surface area (Å²) in [6.07, 6.45) is 0.985. The number of amides is 1. The van der Waals surface area contributed by atoms with E-state index in [-0.39, 0.29) is 5.91 Å². The van der Waals surface area contributed by atoms with Crippen LogP contribution in [0.4, 0.5) is 5.69 Å². The van der Waals surface area contributed by atoms with Crippen molar-refractivity contribution in [2.75, 3.05) is 25.0 Å². The lowest BCUT2D eigenvalue weighted by atomic mass is 10.0. The van der Waals surface area contributed by atoms with Gasteiger partial charge in [0.25, 0.3) is 5.91 Å². The predicted octanol–water partition coefficient (Wildman–Crippen LogP) is 2.33. The highest BCUT2D eigenvalue weighted by atomic mass is 16.5. The Morgan fingerprint density at radius 2 is 2.00 bits per heavy atom. The van der Waals surface area contributed by atoms with Crippen LogP contribution in [0, 0.1) is 0 Å². The highest BCUT2D eigenvalue weighted by molar-refractivity contribution is 6.04. The van der Waals surface area contributed by atoms with E-state index < -0.39 is 0 Å². The number of carbonyl (C=O) groups excluding carboxylic acids is 1. The Morgan fingerprint density at radius 1 is 1.32 bits per heavy atom. The summed E-state index contributed by atoms with van der Waals surface area (Å²) in [5.41, 5.74) is 2.78. The van der Waals surface area contributed by atoms with Gasteiger partial charge in [-0.15, -0.1) is 0 Å². The van der Waals surface area contributed by atoms with E-state index in [4.69, 9.17) is 4.74 Å². The molecule has 4 heteroatoms. The molecule has 1 aliphatic rings. The molecule has 1 amide bonds. The van der Waals surface area contributed by atoms with Gasteiger partial charge in [-0.2, -0.15) is 0 Å². The van der Waals surface area contributed by atoms with E-state index in [1.807, 2.05) is 31.2 Å². The monoisotopic (exact) mass is 260 g/mol. The molecule has 1 aliphatic heterocycles. The summed E-state index contributed by atoms with van der Waals surface area (Å²) < 4.78 is 5.50. The van der Waals surface area contributed by atoms with Crippen molar-refractivity contribution in [3.8, 4) is 5.75 Å². The summed E-state index contributed by atoms with van der Waals surface area (Å²) in [6.45, 7) is 6.29. The Labute approximate surface area is 113 Å². The van der Waals surface area contributed by atoms with Crippen molar-refractivity contribution in [1.29, 1.82) is 0 Å². The quantitative estimate of drug-likeness (QED) is 0.799. The Morgan fingerprint density at radius 3 is 2.53 bits per heavy atom. The first-order valence-electron chi connectivity index (χ1n) is 6.64. The second-order valence-corrected chi connectivity index (χ2v) is 4.66. The van der Waals surface area contributed by atoms with E-state index in [0.29, 0.717) is 6.61 Å². The number of ether oxygens (including phenoxy) is 1. The second kappa shape index (κ2) is 6.38. The molecule has 19 heavy (non-hydrogen) atoms. The van der Waals surface area contributed by atoms with Crippen LogP contribution in [0.1, 0.15) is 20.3 Å². The van der Waals surface area contributed by atoms with Crippen molar-refractivity contribution >= 4 is 11.6 Å². The molecule has 0 atom stereocenters. The molecule has 0 radical (unpaired) electrons.